The highest BCUT2D eigenvalue weighted by Gasteiger charge is 2.39. The fourth-order valence-corrected chi connectivity index (χ4v) is 4.03. The molecule has 0 radical (unpaired) electrons. The molecule has 2 aromatic rings. The molecule has 3 amide bonds. The van der Waals surface area contributed by atoms with Gasteiger partial charge in [0, 0.05) is 37.3 Å². The molecule has 1 fully saturated rings. The second-order valence-electron chi connectivity index (χ2n) is 7.44. The molecule has 7 heteroatoms. The van der Waals surface area contributed by atoms with E-state index in [1.165, 1.54) is 5.56 Å². The number of hydrogen-bond donors (Lipinski definition) is 3. The summed E-state index contributed by atoms with van der Waals surface area (Å²) in [6.45, 7) is 1.70. The van der Waals surface area contributed by atoms with Crippen LogP contribution in [0.3, 0.4) is 0 Å². The number of carbonyl (C=O) groups is 3. The van der Waals surface area contributed by atoms with Crippen LogP contribution in [0.25, 0.3) is 0 Å². The summed E-state index contributed by atoms with van der Waals surface area (Å²) in [4.78, 5) is 38.4. The van der Waals surface area contributed by atoms with Crippen molar-refractivity contribution in [3.8, 4) is 0 Å². The van der Waals surface area contributed by atoms with Gasteiger partial charge in [-0.2, -0.15) is 0 Å². The largest absolute Gasteiger partial charge is 0.381 e. The standard InChI is InChI=1S/C22H24N4O3/c1-23-11-14-4-2-7-17(10-14)24-12-15-5-3-6-16-13-26(22(29)20(15)16)18-8-9-19(27)25-21(18)28/h2-7,10,18,23-24H,8-9,11-13H2,1H3,(H,25,27,28). The Bertz CT molecular complexity index is 972. The molecular weight excluding hydrogens is 368 g/mol. The normalized spacial score (nSPS) is 18.6. The number of nitrogens with one attached hydrogen (secondary N) is 3. The Kier molecular flexibility index (Phi) is 5.31. The van der Waals surface area contributed by atoms with Crippen LogP contribution in [0, 0.1) is 0 Å². The Morgan fingerprint density at radius 1 is 1.10 bits per heavy atom. The SMILES string of the molecule is CNCc1cccc(NCc2cccc3c2C(=O)N(C2CCC(=O)NC2=O)C3)c1. The Balaban J connectivity index is 1.51. The van der Waals surface area contributed by atoms with Crippen LogP contribution in [0.2, 0.25) is 0 Å². The quantitative estimate of drug-likeness (QED) is 0.652. The highest BCUT2D eigenvalue weighted by atomic mass is 16.2. The third-order valence-corrected chi connectivity index (χ3v) is 5.43. The lowest BCUT2D eigenvalue weighted by Crippen LogP contribution is -2.52. The molecular formula is C22H24N4O3. The van der Waals surface area contributed by atoms with Crippen molar-refractivity contribution >= 4 is 23.4 Å². The Labute approximate surface area is 169 Å². The summed E-state index contributed by atoms with van der Waals surface area (Å²) >= 11 is 0. The zero-order valence-corrected chi connectivity index (χ0v) is 16.3. The van der Waals surface area contributed by atoms with Crippen LogP contribution in [0.5, 0.6) is 0 Å². The highest BCUT2D eigenvalue weighted by Crippen LogP contribution is 2.30. The van der Waals surface area contributed by atoms with Gasteiger partial charge in [-0.25, -0.2) is 0 Å². The van der Waals surface area contributed by atoms with Gasteiger partial charge >= 0.3 is 0 Å². The van der Waals surface area contributed by atoms with E-state index in [9.17, 15) is 14.4 Å². The van der Waals surface area contributed by atoms with Gasteiger partial charge in [0.25, 0.3) is 5.91 Å². The van der Waals surface area contributed by atoms with Crippen molar-refractivity contribution in [2.24, 2.45) is 0 Å². The second-order valence-corrected chi connectivity index (χ2v) is 7.44. The van der Waals surface area contributed by atoms with Crippen molar-refractivity contribution in [2.45, 2.75) is 38.5 Å². The van der Waals surface area contributed by atoms with Gasteiger partial charge in [-0.1, -0.05) is 30.3 Å². The number of nitrogens with zero attached hydrogens (tertiary/aromatic N) is 1. The van der Waals surface area contributed by atoms with E-state index in [4.69, 9.17) is 0 Å². The molecule has 1 atom stereocenters. The molecule has 2 aromatic carbocycles. The van der Waals surface area contributed by atoms with Crippen LogP contribution in [0.1, 0.15) is 39.9 Å². The fourth-order valence-electron chi connectivity index (χ4n) is 4.03. The van der Waals surface area contributed by atoms with Crippen LogP contribution in [0.4, 0.5) is 5.69 Å². The molecule has 29 heavy (non-hydrogen) atoms. The minimum atomic E-state index is -0.591. The van der Waals surface area contributed by atoms with Crippen LogP contribution in [-0.4, -0.2) is 35.7 Å². The molecule has 2 heterocycles. The summed E-state index contributed by atoms with van der Waals surface area (Å²) in [5.41, 5.74) is 4.65. The van der Waals surface area contributed by atoms with Crippen molar-refractivity contribution in [1.29, 1.82) is 0 Å². The van der Waals surface area contributed by atoms with E-state index in [-0.39, 0.29) is 24.1 Å². The number of anilines is 1. The first-order valence-corrected chi connectivity index (χ1v) is 9.79. The molecule has 0 bridgehead atoms. The van der Waals surface area contributed by atoms with Crippen LogP contribution in [0.15, 0.2) is 42.5 Å². The van der Waals surface area contributed by atoms with Gasteiger partial charge in [0.15, 0.2) is 0 Å². The Hall–Kier alpha value is -3.19. The van der Waals surface area contributed by atoms with E-state index in [1.54, 1.807) is 4.90 Å². The molecule has 1 saturated heterocycles. The first-order valence-electron chi connectivity index (χ1n) is 9.79. The van der Waals surface area contributed by atoms with Crippen LogP contribution >= 0.6 is 0 Å². The molecule has 1 unspecified atom stereocenters. The Morgan fingerprint density at radius 3 is 2.72 bits per heavy atom. The van der Waals surface area contributed by atoms with Crippen LogP contribution in [-0.2, 0) is 29.2 Å². The lowest BCUT2D eigenvalue weighted by atomic mass is 10.0. The summed E-state index contributed by atoms with van der Waals surface area (Å²) in [7, 11) is 1.91. The zero-order valence-electron chi connectivity index (χ0n) is 16.3. The monoisotopic (exact) mass is 392 g/mol. The van der Waals surface area contributed by atoms with Gasteiger partial charge in [-0.05, 0) is 42.3 Å². The summed E-state index contributed by atoms with van der Waals surface area (Å²) in [6, 6.07) is 13.4. The number of carbonyl (C=O) groups excluding carboxylic acids is 3. The molecule has 0 spiro atoms. The first-order chi connectivity index (χ1) is 14.1. The number of hydrogen-bond acceptors (Lipinski definition) is 5. The maximum Gasteiger partial charge on any atom is 0.255 e. The molecule has 150 valence electrons. The molecule has 2 aliphatic rings. The molecule has 2 aliphatic heterocycles. The number of fused-ring (bicyclic) bond motifs is 1. The lowest BCUT2D eigenvalue weighted by molar-refractivity contribution is -0.136. The van der Waals surface area contributed by atoms with Gasteiger partial charge in [0.1, 0.15) is 6.04 Å². The minimum Gasteiger partial charge on any atom is -0.381 e. The second kappa shape index (κ2) is 8.05. The topological polar surface area (TPSA) is 90.5 Å². The smallest absolute Gasteiger partial charge is 0.255 e. The molecule has 7 nitrogen and oxygen atoms in total. The number of amides is 3. The van der Waals surface area contributed by atoms with E-state index < -0.39 is 6.04 Å². The molecule has 4 rings (SSSR count). The maximum absolute atomic E-state index is 13.1. The van der Waals surface area contributed by atoms with E-state index in [1.807, 2.05) is 37.4 Å². The molecule has 0 saturated carbocycles. The van der Waals surface area contributed by atoms with Gasteiger partial charge in [0.05, 0.1) is 0 Å². The van der Waals surface area contributed by atoms with E-state index >= 15 is 0 Å². The van der Waals surface area contributed by atoms with Gasteiger partial charge in [0.2, 0.25) is 11.8 Å². The van der Waals surface area contributed by atoms with Crippen molar-refractivity contribution in [3.05, 3.63) is 64.7 Å². The fraction of sp³-hybridized carbons (Fsp3) is 0.318. The van der Waals surface area contributed by atoms with Crippen molar-refractivity contribution in [1.82, 2.24) is 15.5 Å². The molecule has 0 aromatic heterocycles. The van der Waals surface area contributed by atoms with Crippen molar-refractivity contribution < 1.29 is 14.4 Å². The molecule has 0 aliphatic carbocycles. The average Bonchev–Trinajstić information content (AvgIpc) is 3.04. The lowest BCUT2D eigenvalue weighted by Gasteiger charge is -2.29. The van der Waals surface area contributed by atoms with Crippen molar-refractivity contribution in [2.75, 3.05) is 12.4 Å². The highest BCUT2D eigenvalue weighted by molar-refractivity contribution is 6.06. The van der Waals surface area contributed by atoms with Gasteiger partial charge in [-0.15, -0.1) is 0 Å². The summed E-state index contributed by atoms with van der Waals surface area (Å²) in [6.07, 6.45) is 0.629. The third-order valence-electron chi connectivity index (χ3n) is 5.43. The first kappa shape index (κ1) is 19.1. The third kappa shape index (κ3) is 3.86. The maximum atomic E-state index is 13.1. The average molecular weight is 392 g/mol. The van der Waals surface area contributed by atoms with E-state index in [0.29, 0.717) is 25.1 Å². The number of benzene rings is 2. The van der Waals surface area contributed by atoms with Crippen LogP contribution < -0.4 is 16.0 Å². The van der Waals surface area contributed by atoms with Gasteiger partial charge in [-0.3, -0.25) is 19.7 Å². The van der Waals surface area contributed by atoms with E-state index in [2.05, 4.69) is 28.1 Å². The number of rotatable bonds is 6. The summed E-state index contributed by atoms with van der Waals surface area (Å²) < 4.78 is 0. The number of imide groups is 1. The van der Waals surface area contributed by atoms with Gasteiger partial charge < -0.3 is 15.5 Å². The molecule has 3 N–H and O–H groups in total. The predicted octanol–water partition coefficient (Wildman–Crippen LogP) is 1.78. The minimum absolute atomic E-state index is 0.143. The van der Waals surface area contributed by atoms with Crippen molar-refractivity contribution in [3.63, 3.8) is 0 Å². The predicted molar refractivity (Wildman–Crippen MR) is 109 cm³/mol. The summed E-state index contributed by atoms with van der Waals surface area (Å²) in [5, 5.41) is 8.87. The Morgan fingerprint density at radius 2 is 1.93 bits per heavy atom. The number of piperidine rings is 1. The zero-order chi connectivity index (χ0) is 20.4. The van der Waals surface area contributed by atoms with E-state index in [0.717, 1.165) is 23.4 Å². The summed E-state index contributed by atoms with van der Waals surface area (Å²) in [5.74, 6) is -0.805.